The number of nitrogens with one attached hydrogen (secondary N) is 1. The Labute approximate surface area is 194 Å². The fourth-order valence-corrected chi connectivity index (χ4v) is 3.37. The Morgan fingerprint density at radius 2 is 1.74 bits per heavy atom. The first-order valence-corrected chi connectivity index (χ1v) is 11.0. The van der Waals surface area contributed by atoms with Gasteiger partial charge >= 0.3 is 0 Å². The summed E-state index contributed by atoms with van der Waals surface area (Å²) in [7, 11) is 0. The molecule has 7 heteroatoms. The molecule has 0 aliphatic carbocycles. The van der Waals surface area contributed by atoms with E-state index in [1.165, 1.54) is 4.90 Å². The minimum Gasteiger partial charge on any atom is -0.484 e. The molecule has 0 aromatic heterocycles. The fraction of sp³-hybridized carbons (Fsp3) is 0.417. The molecule has 0 fully saturated rings. The molecule has 0 saturated carbocycles. The molecule has 0 heterocycles. The van der Waals surface area contributed by atoms with Crippen molar-refractivity contribution in [1.29, 1.82) is 0 Å². The predicted octanol–water partition coefficient (Wildman–Crippen LogP) is 5.18. The lowest BCUT2D eigenvalue weighted by molar-refractivity contribution is -0.142. The smallest absolute Gasteiger partial charge is 0.261 e. The molecule has 31 heavy (non-hydrogen) atoms. The van der Waals surface area contributed by atoms with Gasteiger partial charge < -0.3 is 15.0 Å². The van der Waals surface area contributed by atoms with Crippen LogP contribution in [0.15, 0.2) is 36.4 Å². The van der Waals surface area contributed by atoms with Crippen molar-refractivity contribution in [1.82, 2.24) is 10.2 Å². The molecule has 2 amide bonds. The molecule has 2 aromatic carbocycles. The van der Waals surface area contributed by atoms with Crippen LogP contribution in [0.1, 0.15) is 37.5 Å². The first-order chi connectivity index (χ1) is 14.6. The molecule has 2 aromatic rings. The largest absolute Gasteiger partial charge is 0.484 e. The third kappa shape index (κ3) is 7.44. The highest BCUT2D eigenvalue weighted by Gasteiger charge is 2.27. The van der Waals surface area contributed by atoms with E-state index < -0.39 is 6.04 Å². The molecule has 0 bridgehead atoms. The maximum atomic E-state index is 13.1. The van der Waals surface area contributed by atoms with Crippen LogP contribution < -0.4 is 10.1 Å². The molecule has 0 spiro atoms. The monoisotopic (exact) mass is 464 g/mol. The third-order valence-electron chi connectivity index (χ3n) is 5.05. The number of hydrogen-bond acceptors (Lipinski definition) is 3. The number of benzene rings is 2. The van der Waals surface area contributed by atoms with Gasteiger partial charge in [0.2, 0.25) is 5.91 Å². The number of halogens is 2. The van der Waals surface area contributed by atoms with E-state index in [-0.39, 0.29) is 25.0 Å². The fourth-order valence-electron chi connectivity index (χ4n) is 2.90. The number of rotatable bonds is 9. The van der Waals surface area contributed by atoms with Gasteiger partial charge in [-0.1, -0.05) is 49.2 Å². The Kier molecular flexibility index (Phi) is 9.20. The molecule has 0 saturated heterocycles. The predicted molar refractivity (Wildman–Crippen MR) is 126 cm³/mol. The van der Waals surface area contributed by atoms with Gasteiger partial charge in [-0.05, 0) is 67.6 Å². The van der Waals surface area contributed by atoms with E-state index in [4.69, 9.17) is 27.9 Å². The minimum atomic E-state index is -0.693. The van der Waals surface area contributed by atoms with Gasteiger partial charge in [0.15, 0.2) is 6.61 Å². The molecule has 0 aliphatic rings. The van der Waals surface area contributed by atoms with E-state index in [2.05, 4.69) is 5.32 Å². The lowest BCUT2D eigenvalue weighted by Gasteiger charge is -2.29. The van der Waals surface area contributed by atoms with E-state index >= 15 is 0 Å². The number of amides is 2. The number of ether oxygens (including phenoxy) is 1. The lowest BCUT2D eigenvalue weighted by Crippen LogP contribution is -2.49. The van der Waals surface area contributed by atoms with Gasteiger partial charge in [-0.25, -0.2) is 0 Å². The van der Waals surface area contributed by atoms with Crippen LogP contribution >= 0.6 is 23.2 Å². The second kappa shape index (κ2) is 11.4. The highest BCUT2D eigenvalue weighted by molar-refractivity contribution is 6.35. The van der Waals surface area contributed by atoms with Crippen molar-refractivity contribution in [2.24, 2.45) is 5.92 Å². The van der Waals surface area contributed by atoms with Gasteiger partial charge in [0.1, 0.15) is 11.8 Å². The summed E-state index contributed by atoms with van der Waals surface area (Å²) in [5.74, 6) is 0.381. The normalized spacial score (nSPS) is 11.9. The van der Waals surface area contributed by atoms with Gasteiger partial charge in [-0.15, -0.1) is 0 Å². The van der Waals surface area contributed by atoms with Gasteiger partial charge in [0.05, 0.1) is 0 Å². The Morgan fingerprint density at radius 3 is 2.35 bits per heavy atom. The number of hydrogen-bond donors (Lipinski definition) is 1. The quantitative estimate of drug-likeness (QED) is 0.555. The molecular weight excluding hydrogens is 435 g/mol. The summed E-state index contributed by atoms with van der Waals surface area (Å²) in [5, 5.41) is 3.83. The first-order valence-electron chi connectivity index (χ1n) is 10.3. The maximum absolute atomic E-state index is 13.1. The Balaban J connectivity index is 2.19. The molecule has 2 rings (SSSR count). The van der Waals surface area contributed by atoms with Crippen molar-refractivity contribution in [3.8, 4) is 5.75 Å². The number of carbonyl (C=O) groups excluding carboxylic acids is 2. The van der Waals surface area contributed by atoms with Crippen LogP contribution in [0.3, 0.4) is 0 Å². The summed E-state index contributed by atoms with van der Waals surface area (Å²) < 4.78 is 5.72. The van der Waals surface area contributed by atoms with E-state index in [0.717, 1.165) is 11.1 Å². The highest BCUT2D eigenvalue weighted by atomic mass is 35.5. The van der Waals surface area contributed by atoms with Crippen LogP contribution in [0.2, 0.25) is 10.0 Å². The molecule has 0 aliphatic heterocycles. The van der Waals surface area contributed by atoms with Crippen LogP contribution in [0.25, 0.3) is 0 Å². The number of carbonyl (C=O) groups is 2. The molecule has 168 valence electrons. The van der Waals surface area contributed by atoms with Crippen LogP contribution in [-0.4, -0.2) is 35.9 Å². The average Bonchev–Trinajstić information content (AvgIpc) is 2.71. The Hall–Kier alpha value is -2.24. The second-order valence-corrected chi connectivity index (χ2v) is 8.95. The lowest BCUT2D eigenvalue weighted by atomic mass is 10.1. The summed E-state index contributed by atoms with van der Waals surface area (Å²) in [6.45, 7) is 10.2. The van der Waals surface area contributed by atoms with Crippen LogP contribution in [0.4, 0.5) is 0 Å². The van der Waals surface area contributed by atoms with Crippen molar-refractivity contribution in [3.63, 3.8) is 0 Å². The SMILES string of the molecule is Cc1ccc(OCC(=O)N(Cc2ccc(Cl)cc2Cl)[C@H](C)C(=O)NCC(C)C)cc1C. The summed E-state index contributed by atoms with van der Waals surface area (Å²) in [4.78, 5) is 27.2. The van der Waals surface area contributed by atoms with E-state index in [1.54, 1.807) is 25.1 Å². The molecule has 1 atom stereocenters. The summed E-state index contributed by atoms with van der Waals surface area (Å²) in [6.07, 6.45) is 0. The summed E-state index contributed by atoms with van der Waals surface area (Å²) in [5.41, 5.74) is 2.93. The first kappa shape index (κ1) is 25.0. The molecule has 5 nitrogen and oxygen atoms in total. The highest BCUT2D eigenvalue weighted by Crippen LogP contribution is 2.23. The summed E-state index contributed by atoms with van der Waals surface area (Å²) >= 11 is 12.3. The van der Waals surface area contributed by atoms with E-state index in [0.29, 0.717) is 33.8 Å². The average molecular weight is 465 g/mol. The van der Waals surface area contributed by atoms with Crippen molar-refractivity contribution in [2.75, 3.05) is 13.2 Å². The molecule has 0 radical (unpaired) electrons. The zero-order chi connectivity index (χ0) is 23.1. The number of aryl methyl sites for hydroxylation is 2. The van der Waals surface area contributed by atoms with E-state index in [9.17, 15) is 9.59 Å². The second-order valence-electron chi connectivity index (χ2n) is 8.11. The van der Waals surface area contributed by atoms with Crippen LogP contribution in [0.5, 0.6) is 5.75 Å². The maximum Gasteiger partial charge on any atom is 0.261 e. The van der Waals surface area contributed by atoms with Crippen LogP contribution in [-0.2, 0) is 16.1 Å². The third-order valence-corrected chi connectivity index (χ3v) is 5.64. The van der Waals surface area contributed by atoms with Crippen LogP contribution in [0, 0.1) is 19.8 Å². The molecule has 1 N–H and O–H groups in total. The van der Waals surface area contributed by atoms with Gasteiger partial charge in [-0.2, -0.15) is 0 Å². The zero-order valence-corrected chi connectivity index (χ0v) is 20.2. The summed E-state index contributed by atoms with van der Waals surface area (Å²) in [6, 6.07) is 10.1. The minimum absolute atomic E-state index is 0.168. The molecular formula is C24H30Cl2N2O3. The number of nitrogens with zero attached hydrogens (tertiary/aromatic N) is 1. The van der Waals surface area contributed by atoms with E-state index in [1.807, 2.05) is 45.9 Å². The van der Waals surface area contributed by atoms with Gasteiger partial charge in [-0.3, -0.25) is 9.59 Å². The zero-order valence-electron chi connectivity index (χ0n) is 18.7. The van der Waals surface area contributed by atoms with Gasteiger partial charge in [0, 0.05) is 23.1 Å². The Bertz CT molecular complexity index is 931. The topological polar surface area (TPSA) is 58.6 Å². The Morgan fingerprint density at radius 1 is 1.03 bits per heavy atom. The van der Waals surface area contributed by atoms with Crippen molar-refractivity contribution in [2.45, 2.75) is 47.2 Å². The standard InChI is InChI=1S/C24H30Cl2N2O3/c1-15(2)12-27-24(30)18(5)28(13-19-7-8-20(25)11-22(19)26)23(29)14-31-21-9-6-16(3)17(4)10-21/h6-11,15,18H,12-14H2,1-5H3,(H,27,30)/t18-/m1/s1. The van der Waals surface area contributed by atoms with Gasteiger partial charge in [0.25, 0.3) is 5.91 Å². The van der Waals surface area contributed by atoms with Crippen molar-refractivity contribution < 1.29 is 14.3 Å². The van der Waals surface area contributed by atoms with Crippen molar-refractivity contribution >= 4 is 35.0 Å². The van der Waals surface area contributed by atoms with Crippen molar-refractivity contribution in [3.05, 3.63) is 63.1 Å². The molecule has 0 unspecified atom stereocenters.